The number of hydrogen-bond donors (Lipinski definition) is 0. The molecule has 0 atom stereocenters. The normalized spacial score (nSPS) is 10.9. The molecule has 0 unspecified atom stereocenters. The van der Waals surface area contributed by atoms with E-state index in [1.807, 2.05) is 24.3 Å². The summed E-state index contributed by atoms with van der Waals surface area (Å²) in [4.78, 5) is 13.7. The summed E-state index contributed by atoms with van der Waals surface area (Å²) in [6, 6.07) is 20.6. The number of nitrogens with zero attached hydrogens (tertiary/aromatic N) is 1. The van der Waals surface area contributed by atoms with Gasteiger partial charge in [0, 0.05) is 30.6 Å². The molecule has 162 valence electrons. The molecule has 0 spiro atoms. The first-order valence-electron chi connectivity index (χ1n) is 10.6. The molecule has 0 aromatic heterocycles. The number of methoxy groups -OCH3 is 1. The third-order valence-corrected chi connectivity index (χ3v) is 5.36. The Bertz CT molecular complexity index is 1000. The van der Waals surface area contributed by atoms with Crippen molar-refractivity contribution in [2.24, 2.45) is 0 Å². The average molecular weight is 418 g/mol. The van der Waals surface area contributed by atoms with E-state index in [4.69, 9.17) is 9.47 Å². The Morgan fingerprint density at radius 1 is 0.968 bits per heavy atom. The van der Waals surface area contributed by atoms with Crippen molar-refractivity contribution in [3.63, 3.8) is 0 Å². The van der Waals surface area contributed by atoms with Crippen molar-refractivity contribution in [1.82, 2.24) is 0 Å². The summed E-state index contributed by atoms with van der Waals surface area (Å²) >= 11 is 0. The predicted octanol–water partition coefficient (Wildman–Crippen LogP) is 6.56. The van der Waals surface area contributed by atoms with Crippen LogP contribution in [-0.2, 0) is 11.3 Å². The Balaban J connectivity index is 2.13. The fraction of sp³-hybridized carbons (Fsp3) is 0.296. The molecule has 0 aliphatic carbocycles. The molecule has 31 heavy (non-hydrogen) atoms. The summed E-state index contributed by atoms with van der Waals surface area (Å²) in [5.74, 6) is 1.13. The Labute approximate surface area is 185 Å². The van der Waals surface area contributed by atoms with Crippen molar-refractivity contribution in [3.05, 3.63) is 88.5 Å². The molecule has 3 aromatic carbocycles. The van der Waals surface area contributed by atoms with Crippen molar-refractivity contribution in [3.8, 4) is 5.75 Å². The van der Waals surface area contributed by atoms with Crippen LogP contribution in [0.2, 0.25) is 0 Å². The second-order valence-corrected chi connectivity index (χ2v) is 8.12. The van der Waals surface area contributed by atoms with E-state index in [9.17, 15) is 4.79 Å². The van der Waals surface area contributed by atoms with Crippen molar-refractivity contribution in [1.29, 1.82) is 0 Å². The molecule has 3 aromatic rings. The molecular formula is C27H31NO3. The van der Waals surface area contributed by atoms with Crippen LogP contribution in [0.15, 0.2) is 60.7 Å². The van der Waals surface area contributed by atoms with Crippen molar-refractivity contribution < 1.29 is 14.3 Å². The van der Waals surface area contributed by atoms with Crippen LogP contribution in [0.25, 0.3) is 0 Å². The van der Waals surface area contributed by atoms with Gasteiger partial charge >= 0.3 is 0 Å². The largest absolute Gasteiger partial charge is 0.467 e. The van der Waals surface area contributed by atoms with Gasteiger partial charge in [-0.1, -0.05) is 44.2 Å². The predicted molar refractivity (Wildman–Crippen MR) is 127 cm³/mol. The van der Waals surface area contributed by atoms with Gasteiger partial charge in [-0.05, 0) is 72.4 Å². The Morgan fingerprint density at radius 2 is 1.65 bits per heavy atom. The minimum Gasteiger partial charge on any atom is -0.467 e. The van der Waals surface area contributed by atoms with Crippen molar-refractivity contribution >= 4 is 17.7 Å². The van der Waals surface area contributed by atoms with E-state index in [0.717, 1.165) is 46.6 Å². The van der Waals surface area contributed by atoms with E-state index < -0.39 is 0 Å². The van der Waals surface area contributed by atoms with Gasteiger partial charge in [0.25, 0.3) is 0 Å². The molecule has 0 aliphatic heterocycles. The van der Waals surface area contributed by atoms with Crippen LogP contribution < -0.4 is 9.64 Å². The van der Waals surface area contributed by atoms with Crippen LogP contribution >= 0.6 is 0 Å². The van der Waals surface area contributed by atoms with Gasteiger partial charge in [-0.15, -0.1) is 0 Å². The number of aldehydes is 1. The third-order valence-electron chi connectivity index (χ3n) is 5.36. The Hall–Kier alpha value is -3.11. The van der Waals surface area contributed by atoms with Gasteiger partial charge < -0.3 is 14.4 Å². The first kappa shape index (κ1) is 22.6. The summed E-state index contributed by atoms with van der Waals surface area (Å²) in [5, 5.41) is 0. The van der Waals surface area contributed by atoms with Crippen LogP contribution in [-0.4, -0.2) is 20.2 Å². The summed E-state index contributed by atoms with van der Waals surface area (Å²) in [6.07, 6.45) is 0.907. The van der Waals surface area contributed by atoms with E-state index >= 15 is 0 Å². The van der Waals surface area contributed by atoms with E-state index in [-0.39, 0.29) is 6.79 Å². The van der Waals surface area contributed by atoms with Crippen LogP contribution in [0, 0.1) is 13.8 Å². The lowest BCUT2D eigenvalue weighted by molar-refractivity contribution is 0.0503. The molecule has 0 heterocycles. The number of ether oxygens (including phenoxy) is 2. The number of anilines is 2. The van der Waals surface area contributed by atoms with Gasteiger partial charge in [0.2, 0.25) is 0 Å². The van der Waals surface area contributed by atoms with E-state index in [1.54, 1.807) is 7.11 Å². The Kier molecular flexibility index (Phi) is 7.48. The van der Waals surface area contributed by atoms with Crippen molar-refractivity contribution in [2.45, 2.75) is 40.2 Å². The maximum atomic E-state index is 11.4. The zero-order valence-corrected chi connectivity index (χ0v) is 19.0. The summed E-state index contributed by atoms with van der Waals surface area (Å²) in [5.41, 5.74) is 7.40. The highest BCUT2D eigenvalue weighted by atomic mass is 16.7. The second kappa shape index (κ2) is 10.3. The highest BCUT2D eigenvalue weighted by Gasteiger charge is 2.19. The zero-order valence-electron chi connectivity index (χ0n) is 19.0. The highest BCUT2D eigenvalue weighted by Crippen LogP contribution is 2.38. The molecule has 0 saturated heterocycles. The molecule has 3 rings (SSSR count). The van der Waals surface area contributed by atoms with Crippen LogP contribution in [0.1, 0.15) is 52.4 Å². The Morgan fingerprint density at radius 3 is 2.23 bits per heavy atom. The topological polar surface area (TPSA) is 38.8 Å². The quantitative estimate of drug-likeness (QED) is 0.292. The summed E-state index contributed by atoms with van der Waals surface area (Å²) in [7, 11) is 1.62. The number of benzene rings is 3. The van der Waals surface area contributed by atoms with Gasteiger partial charge in [0.15, 0.2) is 6.79 Å². The summed E-state index contributed by atoms with van der Waals surface area (Å²) < 4.78 is 10.9. The highest BCUT2D eigenvalue weighted by molar-refractivity contribution is 5.80. The molecule has 4 heteroatoms. The monoisotopic (exact) mass is 417 g/mol. The van der Waals surface area contributed by atoms with E-state index in [1.165, 1.54) is 5.56 Å². The van der Waals surface area contributed by atoms with E-state index in [0.29, 0.717) is 11.5 Å². The molecule has 0 amide bonds. The first-order chi connectivity index (χ1) is 14.9. The minimum atomic E-state index is 0.220. The molecule has 0 N–H and O–H groups in total. The van der Waals surface area contributed by atoms with Crippen LogP contribution in [0.5, 0.6) is 5.75 Å². The van der Waals surface area contributed by atoms with Crippen LogP contribution in [0.4, 0.5) is 11.4 Å². The molecule has 0 radical (unpaired) electrons. The molecule has 0 bridgehead atoms. The fourth-order valence-electron chi connectivity index (χ4n) is 3.96. The SMILES string of the molecule is COCOc1ccc(N(Cc2ccccc2)c2c(C)cc(C=O)cc2C)cc1C(C)C. The van der Waals surface area contributed by atoms with Gasteiger partial charge in [0.05, 0.1) is 0 Å². The van der Waals surface area contributed by atoms with Gasteiger partial charge in [0.1, 0.15) is 12.0 Å². The zero-order chi connectivity index (χ0) is 22.4. The smallest absolute Gasteiger partial charge is 0.188 e. The van der Waals surface area contributed by atoms with Gasteiger partial charge in [-0.3, -0.25) is 4.79 Å². The number of rotatable bonds is 9. The standard InChI is InChI=1S/C27H31NO3/c1-19(2)25-15-24(11-12-26(25)31-18-30-5)28(16-22-9-7-6-8-10-22)27-20(3)13-23(17-29)14-21(27)4/h6-15,17,19H,16,18H2,1-5H3. The van der Waals surface area contributed by atoms with Crippen LogP contribution in [0.3, 0.4) is 0 Å². The number of carbonyl (C=O) groups excluding carboxylic acids is 1. The fourth-order valence-corrected chi connectivity index (χ4v) is 3.96. The van der Waals surface area contributed by atoms with E-state index in [2.05, 4.69) is 69.0 Å². The van der Waals surface area contributed by atoms with Gasteiger partial charge in [-0.2, -0.15) is 0 Å². The maximum Gasteiger partial charge on any atom is 0.188 e. The third kappa shape index (κ3) is 5.33. The first-order valence-corrected chi connectivity index (χ1v) is 10.6. The van der Waals surface area contributed by atoms with Crippen molar-refractivity contribution in [2.75, 3.05) is 18.8 Å². The molecule has 4 nitrogen and oxygen atoms in total. The number of carbonyl (C=O) groups is 1. The molecule has 0 fully saturated rings. The number of aryl methyl sites for hydroxylation is 2. The maximum absolute atomic E-state index is 11.4. The molecule has 0 aliphatic rings. The molecule has 0 saturated carbocycles. The summed E-state index contributed by atoms with van der Waals surface area (Å²) in [6.45, 7) is 9.39. The second-order valence-electron chi connectivity index (χ2n) is 8.12. The minimum absolute atomic E-state index is 0.220. The average Bonchev–Trinajstić information content (AvgIpc) is 2.77. The lowest BCUT2D eigenvalue weighted by atomic mass is 9.99. The molecular weight excluding hydrogens is 386 g/mol. The lowest BCUT2D eigenvalue weighted by Crippen LogP contribution is -2.19. The lowest BCUT2D eigenvalue weighted by Gasteiger charge is -2.30. The van der Waals surface area contributed by atoms with Gasteiger partial charge in [-0.25, -0.2) is 0 Å². The number of hydrogen-bond acceptors (Lipinski definition) is 4.